The van der Waals surface area contributed by atoms with Gasteiger partial charge in [-0.05, 0) is 36.8 Å². The predicted octanol–water partition coefficient (Wildman–Crippen LogP) is 2.37. The van der Waals surface area contributed by atoms with E-state index in [1.807, 2.05) is 24.3 Å². The Bertz CT molecular complexity index is 699. The smallest absolute Gasteiger partial charge is 0.311 e. The summed E-state index contributed by atoms with van der Waals surface area (Å²) >= 11 is 0. The van der Waals surface area contributed by atoms with E-state index in [9.17, 15) is 14.4 Å². The van der Waals surface area contributed by atoms with Crippen molar-refractivity contribution in [1.82, 2.24) is 5.32 Å². The quantitative estimate of drug-likeness (QED) is 0.759. The number of carbonyl (C=O) groups excluding carboxylic acids is 3. The standard InChI is InChI=1S/C20H26N2O4/c1-3-13(2)16-6-4-5-7-17(16)22-11-14(10-19(22)24)20(25)26-12-18(23)21-15-8-9-15/h4-7,13-15H,3,8-12H2,1-2H3,(H,21,23)/t13-,14-/m0/s1. The van der Waals surface area contributed by atoms with Crippen LogP contribution < -0.4 is 10.2 Å². The molecular weight excluding hydrogens is 332 g/mol. The third-order valence-corrected chi connectivity index (χ3v) is 5.12. The first kappa shape index (κ1) is 18.4. The molecule has 1 saturated carbocycles. The molecule has 0 radical (unpaired) electrons. The van der Waals surface area contributed by atoms with Crippen molar-refractivity contribution >= 4 is 23.5 Å². The van der Waals surface area contributed by atoms with Crippen LogP contribution in [-0.2, 0) is 19.1 Å². The Labute approximate surface area is 153 Å². The van der Waals surface area contributed by atoms with Gasteiger partial charge < -0.3 is 15.0 Å². The summed E-state index contributed by atoms with van der Waals surface area (Å²) in [4.78, 5) is 38.1. The Morgan fingerprint density at radius 3 is 2.73 bits per heavy atom. The van der Waals surface area contributed by atoms with Crippen LogP contribution in [0.3, 0.4) is 0 Å². The molecule has 1 aliphatic heterocycles. The van der Waals surface area contributed by atoms with Crippen molar-refractivity contribution in [2.24, 2.45) is 5.92 Å². The molecule has 26 heavy (non-hydrogen) atoms. The second-order valence-electron chi connectivity index (χ2n) is 7.22. The lowest BCUT2D eigenvalue weighted by atomic mass is 9.96. The van der Waals surface area contributed by atoms with E-state index < -0.39 is 11.9 Å². The number of amides is 2. The van der Waals surface area contributed by atoms with Crippen LogP contribution in [0.4, 0.5) is 5.69 Å². The highest BCUT2D eigenvalue weighted by Crippen LogP contribution is 2.33. The fraction of sp³-hybridized carbons (Fsp3) is 0.550. The van der Waals surface area contributed by atoms with E-state index in [1.165, 1.54) is 0 Å². The maximum Gasteiger partial charge on any atom is 0.311 e. The summed E-state index contributed by atoms with van der Waals surface area (Å²) in [6, 6.07) is 8.07. The van der Waals surface area contributed by atoms with Gasteiger partial charge >= 0.3 is 5.97 Å². The van der Waals surface area contributed by atoms with Gasteiger partial charge in [0.25, 0.3) is 5.91 Å². The predicted molar refractivity (Wildman–Crippen MR) is 97.7 cm³/mol. The van der Waals surface area contributed by atoms with Gasteiger partial charge in [0, 0.05) is 24.7 Å². The van der Waals surface area contributed by atoms with Gasteiger partial charge in [0.05, 0.1) is 5.92 Å². The van der Waals surface area contributed by atoms with Gasteiger partial charge in [0.1, 0.15) is 0 Å². The van der Waals surface area contributed by atoms with Crippen molar-refractivity contribution in [2.45, 2.75) is 51.5 Å². The van der Waals surface area contributed by atoms with Crippen molar-refractivity contribution in [3.05, 3.63) is 29.8 Å². The molecule has 1 heterocycles. The van der Waals surface area contributed by atoms with Crippen molar-refractivity contribution in [3.63, 3.8) is 0 Å². The normalized spacial score (nSPS) is 20.8. The fourth-order valence-electron chi connectivity index (χ4n) is 3.22. The van der Waals surface area contributed by atoms with Crippen molar-refractivity contribution in [2.75, 3.05) is 18.1 Å². The van der Waals surface area contributed by atoms with E-state index >= 15 is 0 Å². The maximum absolute atomic E-state index is 12.5. The Balaban J connectivity index is 1.61. The molecule has 1 aromatic carbocycles. The molecule has 0 aromatic heterocycles. The second-order valence-corrected chi connectivity index (χ2v) is 7.22. The minimum Gasteiger partial charge on any atom is -0.455 e. The Morgan fingerprint density at radius 1 is 1.31 bits per heavy atom. The Hall–Kier alpha value is -2.37. The zero-order valence-electron chi connectivity index (χ0n) is 15.4. The van der Waals surface area contributed by atoms with E-state index in [4.69, 9.17) is 4.74 Å². The van der Waals surface area contributed by atoms with Crippen LogP contribution in [0.1, 0.15) is 51.0 Å². The van der Waals surface area contributed by atoms with Crippen LogP contribution in [-0.4, -0.2) is 37.0 Å². The lowest BCUT2D eigenvalue weighted by molar-refractivity contribution is -0.152. The number of nitrogens with zero attached hydrogens (tertiary/aromatic N) is 1. The summed E-state index contributed by atoms with van der Waals surface area (Å²) in [5.41, 5.74) is 1.98. The third kappa shape index (κ3) is 4.23. The first-order chi connectivity index (χ1) is 12.5. The van der Waals surface area contributed by atoms with Gasteiger partial charge in [-0.2, -0.15) is 0 Å². The SMILES string of the molecule is CC[C@H](C)c1ccccc1N1C[C@@H](C(=O)OCC(=O)NC2CC2)CC1=O. The zero-order chi connectivity index (χ0) is 18.7. The molecule has 2 fully saturated rings. The lowest BCUT2D eigenvalue weighted by Crippen LogP contribution is -2.32. The fourth-order valence-corrected chi connectivity index (χ4v) is 3.22. The van der Waals surface area contributed by atoms with E-state index in [-0.39, 0.29) is 30.9 Å². The van der Waals surface area contributed by atoms with E-state index in [2.05, 4.69) is 19.2 Å². The number of hydrogen-bond donors (Lipinski definition) is 1. The number of esters is 1. The summed E-state index contributed by atoms with van der Waals surface area (Å²) in [6.07, 6.45) is 3.07. The lowest BCUT2D eigenvalue weighted by Gasteiger charge is -2.23. The molecule has 2 amide bonds. The molecule has 1 aliphatic carbocycles. The number of carbonyl (C=O) groups is 3. The van der Waals surface area contributed by atoms with Gasteiger partial charge in [0.15, 0.2) is 6.61 Å². The third-order valence-electron chi connectivity index (χ3n) is 5.12. The summed E-state index contributed by atoms with van der Waals surface area (Å²) in [5.74, 6) is -1.03. The summed E-state index contributed by atoms with van der Waals surface area (Å²) in [6.45, 7) is 4.27. The number of benzene rings is 1. The molecule has 6 nitrogen and oxygen atoms in total. The number of nitrogens with one attached hydrogen (secondary N) is 1. The molecular formula is C20H26N2O4. The highest BCUT2D eigenvalue weighted by atomic mass is 16.5. The molecule has 1 N–H and O–H groups in total. The van der Waals surface area contributed by atoms with Crippen LogP contribution in [0, 0.1) is 5.92 Å². The molecule has 140 valence electrons. The number of ether oxygens (including phenoxy) is 1. The molecule has 0 bridgehead atoms. The largest absolute Gasteiger partial charge is 0.455 e. The molecule has 0 spiro atoms. The van der Waals surface area contributed by atoms with Crippen LogP contribution in [0.15, 0.2) is 24.3 Å². The van der Waals surface area contributed by atoms with Crippen molar-refractivity contribution < 1.29 is 19.1 Å². The van der Waals surface area contributed by atoms with Gasteiger partial charge in [-0.25, -0.2) is 0 Å². The highest BCUT2D eigenvalue weighted by molar-refractivity contribution is 6.00. The molecule has 2 atom stereocenters. The van der Waals surface area contributed by atoms with Gasteiger partial charge in [0.2, 0.25) is 5.91 Å². The molecule has 1 aromatic rings. The van der Waals surface area contributed by atoms with E-state index in [0.717, 1.165) is 30.5 Å². The minimum atomic E-state index is -0.527. The van der Waals surface area contributed by atoms with Crippen LogP contribution >= 0.6 is 0 Å². The Kier molecular flexibility index (Phi) is 5.59. The number of rotatable bonds is 7. The van der Waals surface area contributed by atoms with E-state index in [1.54, 1.807) is 4.90 Å². The highest BCUT2D eigenvalue weighted by Gasteiger charge is 2.37. The monoisotopic (exact) mass is 358 g/mol. The molecule has 1 saturated heterocycles. The summed E-state index contributed by atoms with van der Waals surface area (Å²) in [5, 5.41) is 2.78. The molecule has 2 aliphatic rings. The van der Waals surface area contributed by atoms with Gasteiger partial charge in [-0.3, -0.25) is 14.4 Å². The van der Waals surface area contributed by atoms with Gasteiger partial charge in [-0.1, -0.05) is 32.0 Å². The number of para-hydroxylation sites is 1. The first-order valence-corrected chi connectivity index (χ1v) is 9.34. The Morgan fingerprint density at radius 2 is 2.04 bits per heavy atom. The molecule has 0 unspecified atom stereocenters. The topological polar surface area (TPSA) is 75.7 Å². The zero-order valence-corrected chi connectivity index (χ0v) is 15.4. The van der Waals surface area contributed by atoms with E-state index in [0.29, 0.717) is 12.5 Å². The maximum atomic E-state index is 12.5. The minimum absolute atomic E-state index is 0.0786. The van der Waals surface area contributed by atoms with Crippen LogP contribution in [0.5, 0.6) is 0 Å². The van der Waals surface area contributed by atoms with Crippen molar-refractivity contribution in [3.8, 4) is 0 Å². The van der Waals surface area contributed by atoms with Gasteiger partial charge in [-0.15, -0.1) is 0 Å². The summed E-state index contributed by atoms with van der Waals surface area (Å²) < 4.78 is 5.12. The summed E-state index contributed by atoms with van der Waals surface area (Å²) in [7, 11) is 0. The van der Waals surface area contributed by atoms with Crippen LogP contribution in [0.25, 0.3) is 0 Å². The average Bonchev–Trinajstić information content (AvgIpc) is 3.37. The second kappa shape index (κ2) is 7.89. The van der Waals surface area contributed by atoms with Crippen LogP contribution in [0.2, 0.25) is 0 Å². The average molecular weight is 358 g/mol. The molecule has 6 heteroatoms. The first-order valence-electron chi connectivity index (χ1n) is 9.34. The number of anilines is 1. The van der Waals surface area contributed by atoms with Crippen molar-refractivity contribution in [1.29, 1.82) is 0 Å². The number of hydrogen-bond acceptors (Lipinski definition) is 4. The molecule has 3 rings (SSSR count).